The summed E-state index contributed by atoms with van der Waals surface area (Å²) in [5.41, 5.74) is 1.11. The third kappa shape index (κ3) is 6.59. The smallest absolute Gasteiger partial charge is 0.353 e. The van der Waals surface area contributed by atoms with Gasteiger partial charge >= 0.3 is 6.18 Å². The first kappa shape index (κ1) is 23.8. The van der Waals surface area contributed by atoms with Crippen LogP contribution in [0.5, 0.6) is 0 Å². The second kappa shape index (κ2) is 9.87. The summed E-state index contributed by atoms with van der Waals surface area (Å²) >= 11 is 1.23. The molecular weight excluding hydrogens is 474 g/mol. The van der Waals surface area contributed by atoms with E-state index < -0.39 is 24.7 Å². The molecule has 13 heteroatoms. The monoisotopic (exact) mass is 501 g/mol. The fourth-order valence-electron chi connectivity index (χ4n) is 3.32. The van der Waals surface area contributed by atoms with E-state index in [4.69, 9.17) is 0 Å². The molecular formula is C21H27F4N7OS. The zero-order valence-electron chi connectivity index (χ0n) is 18.0. The van der Waals surface area contributed by atoms with Gasteiger partial charge < -0.3 is 15.5 Å². The number of H-pyrrole nitrogens is 1. The van der Waals surface area contributed by atoms with Crippen molar-refractivity contribution in [3.63, 3.8) is 0 Å². The van der Waals surface area contributed by atoms with Gasteiger partial charge in [-0.25, -0.2) is 14.4 Å². The molecule has 0 radical (unpaired) electrons. The van der Waals surface area contributed by atoms with Crippen molar-refractivity contribution in [1.29, 1.82) is 0 Å². The summed E-state index contributed by atoms with van der Waals surface area (Å²) in [7, 11) is 0. The van der Waals surface area contributed by atoms with E-state index >= 15 is 0 Å². The number of carbonyl (C=O) groups is 1. The number of aromatic amines is 1. The predicted molar refractivity (Wildman–Crippen MR) is 127 cm³/mol. The molecule has 3 heterocycles. The van der Waals surface area contributed by atoms with Gasteiger partial charge in [-0.2, -0.15) is 18.3 Å². The number of carbonyl (C=O) groups excluding carboxylic acids is 1. The van der Waals surface area contributed by atoms with Crippen LogP contribution in [0.2, 0.25) is 0 Å². The molecule has 1 aliphatic rings. The number of nitrogens with one attached hydrogen (secondary N) is 3. The summed E-state index contributed by atoms with van der Waals surface area (Å²) < 4.78 is 50.8. The van der Waals surface area contributed by atoms with Crippen molar-refractivity contribution < 1.29 is 26.6 Å². The Hall–Kier alpha value is -3.35. The third-order valence-corrected chi connectivity index (χ3v) is 5.69. The molecule has 1 amide bonds. The highest BCUT2D eigenvalue weighted by Gasteiger charge is 2.31. The summed E-state index contributed by atoms with van der Waals surface area (Å²) in [6.07, 6.45) is -6.61. The van der Waals surface area contributed by atoms with Crippen LogP contribution in [-0.2, 0) is 4.79 Å². The molecule has 0 aliphatic carbocycles. The molecule has 1 aliphatic heterocycles. The van der Waals surface area contributed by atoms with Crippen molar-refractivity contribution in [2.45, 2.75) is 42.2 Å². The predicted octanol–water partition coefficient (Wildman–Crippen LogP) is 5.58. The number of aromatic nitrogens is 4. The molecule has 0 saturated carbocycles. The maximum Gasteiger partial charge on any atom is 0.397 e. The highest BCUT2D eigenvalue weighted by molar-refractivity contribution is 7.99. The summed E-state index contributed by atoms with van der Waals surface area (Å²) in [4.78, 5) is 23.1. The molecule has 0 spiro atoms. The molecule has 4 rings (SSSR count). The number of anilines is 4. The first-order valence-corrected chi connectivity index (χ1v) is 11.2. The number of hydrogen-bond acceptors (Lipinski definition) is 7. The Morgan fingerprint density at radius 2 is 2.00 bits per heavy atom. The Kier molecular flexibility index (Phi) is 6.91. The number of alkyl halides is 4. The number of rotatable bonds is 7. The molecule has 1 fully saturated rings. The van der Waals surface area contributed by atoms with Crippen LogP contribution in [-0.4, -0.2) is 51.5 Å². The van der Waals surface area contributed by atoms with E-state index in [0.29, 0.717) is 40.5 Å². The Morgan fingerprint density at radius 3 is 2.62 bits per heavy atom. The van der Waals surface area contributed by atoms with Crippen LogP contribution in [0.3, 0.4) is 0 Å². The number of aryl methyl sites for hydroxylation is 1. The van der Waals surface area contributed by atoms with E-state index in [2.05, 4.69) is 30.8 Å². The molecule has 1 atom stereocenters. The highest BCUT2D eigenvalue weighted by Crippen LogP contribution is 2.31. The van der Waals surface area contributed by atoms with Crippen molar-refractivity contribution in [1.82, 2.24) is 20.2 Å². The number of amides is 1. The first-order chi connectivity index (χ1) is 16.1. The summed E-state index contributed by atoms with van der Waals surface area (Å²) in [5.74, 6) is 0.493. The minimum absolute atomic E-state index is 0. The van der Waals surface area contributed by atoms with E-state index in [9.17, 15) is 22.4 Å². The standard InChI is InChI=1S/C21H21F4N7OS.3H2/c1-12-8-17(31-30-12)27-16-9-18(32-7-6-13(22)11-32)29-20(28-16)34-15-4-2-14(3-5-15)26-19(33)10-21(23,24)25;;;/h2-5,8-9,13H,6-7,10-11H2,1H3,(H,26,33)(H2,27,28,29,30,31);3*1H. The number of benzene rings is 1. The molecule has 8 nitrogen and oxygen atoms in total. The maximum atomic E-state index is 13.8. The van der Waals surface area contributed by atoms with Gasteiger partial charge in [0, 0.05) is 39.2 Å². The van der Waals surface area contributed by atoms with Crippen LogP contribution < -0.4 is 15.5 Å². The van der Waals surface area contributed by atoms with Crippen LogP contribution in [0.4, 0.5) is 40.7 Å². The Bertz CT molecular complexity index is 1170. The van der Waals surface area contributed by atoms with Crippen LogP contribution in [0.25, 0.3) is 0 Å². The third-order valence-electron chi connectivity index (χ3n) is 4.82. The lowest BCUT2D eigenvalue weighted by Crippen LogP contribution is -2.21. The molecule has 1 saturated heterocycles. The SMILES string of the molecule is Cc1cc(Nc2cc(N3CCC(F)C3)nc(Sc3ccc(NC(=O)CC(F)(F)F)cc3)n2)n[nH]1.[HH].[HH].[HH]. The summed E-state index contributed by atoms with van der Waals surface area (Å²) in [6.45, 7) is 2.65. The van der Waals surface area contributed by atoms with E-state index in [1.54, 1.807) is 18.2 Å². The molecule has 2 aromatic heterocycles. The normalized spacial score (nSPS) is 16.0. The molecule has 3 N–H and O–H groups in total. The highest BCUT2D eigenvalue weighted by atomic mass is 32.2. The van der Waals surface area contributed by atoms with Gasteiger partial charge in [0.05, 0.1) is 6.54 Å². The lowest BCUT2D eigenvalue weighted by molar-refractivity contribution is -0.150. The van der Waals surface area contributed by atoms with E-state index in [-0.39, 0.29) is 16.5 Å². The van der Waals surface area contributed by atoms with E-state index in [1.165, 1.54) is 23.9 Å². The van der Waals surface area contributed by atoms with Gasteiger partial charge in [-0.1, -0.05) is 0 Å². The fourth-order valence-corrected chi connectivity index (χ4v) is 4.09. The molecule has 1 unspecified atom stereocenters. The van der Waals surface area contributed by atoms with Gasteiger partial charge in [-0.3, -0.25) is 9.89 Å². The average molecular weight is 502 g/mol. The van der Waals surface area contributed by atoms with Crippen LogP contribution in [0, 0.1) is 6.92 Å². The molecule has 1 aromatic carbocycles. The molecule has 3 aromatic rings. The first-order valence-electron chi connectivity index (χ1n) is 10.3. The quantitative estimate of drug-likeness (QED) is 0.287. The topological polar surface area (TPSA) is 98.8 Å². The Morgan fingerprint density at radius 1 is 1.24 bits per heavy atom. The van der Waals surface area contributed by atoms with Crippen LogP contribution in [0.15, 0.2) is 46.5 Å². The van der Waals surface area contributed by atoms with Crippen molar-refractivity contribution in [3.05, 3.63) is 42.1 Å². The minimum Gasteiger partial charge on any atom is -0.353 e. The second-order valence-electron chi connectivity index (χ2n) is 7.75. The van der Waals surface area contributed by atoms with E-state index in [1.807, 2.05) is 17.9 Å². The fraction of sp³-hybridized carbons (Fsp3) is 0.333. The maximum absolute atomic E-state index is 13.8. The lowest BCUT2D eigenvalue weighted by Gasteiger charge is -2.18. The number of nitrogens with zero attached hydrogens (tertiary/aromatic N) is 4. The van der Waals surface area contributed by atoms with Crippen LogP contribution >= 0.6 is 11.8 Å². The van der Waals surface area contributed by atoms with E-state index in [0.717, 1.165) is 5.69 Å². The van der Waals surface area contributed by atoms with Crippen molar-refractivity contribution in [3.8, 4) is 0 Å². The van der Waals surface area contributed by atoms with Gasteiger partial charge in [0.2, 0.25) is 5.91 Å². The largest absolute Gasteiger partial charge is 0.397 e. The van der Waals surface area contributed by atoms with Gasteiger partial charge in [0.25, 0.3) is 0 Å². The van der Waals surface area contributed by atoms with Crippen molar-refractivity contribution >= 4 is 40.8 Å². The second-order valence-corrected chi connectivity index (χ2v) is 8.79. The Labute approximate surface area is 201 Å². The van der Waals surface area contributed by atoms with Gasteiger partial charge in [-0.05, 0) is 49.4 Å². The Balaban J connectivity index is 0.00000228. The average Bonchev–Trinajstić information content (AvgIpc) is 3.36. The van der Waals surface area contributed by atoms with Crippen molar-refractivity contribution in [2.24, 2.45) is 0 Å². The summed E-state index contributed by atoms with van der Waals surface area (Å²) in [5, 5.41) is 12.7. The summed E-state index contributed by atoms with van der Waals surface area (Å²) in [6, 6.07) is 9.82. The van der Waals surface area contributed by atoms with Crippen LogP contribution in [0.1, 0.15) is 22.8 Å². The van der Waals surface area contributed by atoms with Crippen molar-refractivity contribution in [2.75, 3.05) is 28.6 Å². The van der Waals surface area contributed by atoms with Gasteiger partial charge in [-0.15, -0.1) is 0 Å². The lowest BCUT2D eigenvalue weighted by atomic mass is 10.3. The zero-order valence-corrected chi connectivity index (χ0v) is 18.8. The molecule has 34 heavy (non-hydrogen) atoms. The molecule has 186 valence electrons. The number of halogens is 4. The molecule has 0 bridgehead atoms. The minimum atomic E-state index is -4.57. The van der Waals surface area contributed by atoms with Gasteiger partial charge in [0.15, 0.2) is 11.0 Å². The van der Waals surface area contributed by atoms with Gasteiger partial charge in [0.1, 0.15) is 24.2 Å². The zero-order chi connectivity index (χ0) is 24.3. The number of hydrogen-bond donors (Lipinski definition) is 3.